The van der Waals surface area contributed by atoms with Gasteiger partial charge in [0, 0.05) is 23.3 Å². The number of benzene rings is 4. The van der Waals surface area contributed by atoms with E-state index in [1.165, 1.54) is 7.11 Å². The molecule has 0 saturated heterocycles. The van der Waals surface area contributed by atoms with Crippen molar-refractivity contribution >= 4 is 23.1 Å². The number of carbonyl (C=O) groups excluding carboxylic acids is 2. The quantitative estimate of drug-likeness (QED) is 0.226. The highest BCUT2D eigenvalue weighted by atomic mass is 16.5. The molecule has 0 aromatic heterocycles. The highest BCUT2D eigenvalue weighted by Crippen LogP contribution is 2.50. The van der Waals surface area contributed by atoms with E-state index in [2.05, 4.69) is 5.32 Å². The van der Waals surface area contributed by atoms with Gasteiger partial charge in [-0.3, -0.25) is 14.5 Å². The number of para-hydroxylation sites is 2. The number of hydrogen-bond donors (Lipinski definition) is 1. The van der Waals surface area contributed by atoms with Crippen LogP contribution in [0.4, 0.5) is 11.4 Å². The van der Waals surface area contributed by atoms with E-state index >= 15 is 0 Å². The summed E-state index contributed by atoms with van der Waals surface area (Å²) in [6.07, 6.45) is 0.764. The van der Waals surface area contributed by atoms with Gasteiger partial charge in [-0.1, -0.05) is 36.4 Å². The molecule has 0 spiro atoms. The second-order valence-electron chi connectivity index (χ2n) is 11.1. The Labute approximate surface area is 268 Å². The van der Waals surface area contributed by atoms with E-state index in [0.717, 1.165) is 16.9 Å². The molecule has 9 nitrogen and oxygen atoms in total. The van der Waals surface area contributed by atoms with Crippen molar-refractivity contribution in [3.63, 3.8) is 0 Å². The number of hydrogen-bond acceptors (Lipinski definition) is 8. The van der Waals surface area contributed by atoms with Crippen LogP contribution in [0.2, 0.25) is 0 Å². The molecule has 1 heterocycles. The fourth-order valence-electron chi connectivity index (χ4n) is 6.45. The smallest absolute Gasteiger partial charge is 0.259 e. The minimum Gasteiger partial charge on any atom is -0.493 e. The Morgan fingerprint density at radius 3 is 1.98 bits per heavy atom. The average Bonchev–Trinajstić information content (AvgIpc) is 3.25. The zero-order chi connectivity index (χ0) is 32.4. The molecule has 2 unspecified atom stereocenters. The molecular weight excluding hydrogens is 584 g/mol. The Morgan fingerprint density at radius 2 is 1.33 bits per heavy atom. The molecule has 46 heavy (non-hydrogen) atoms. The number of fused-ring (bicyclic) bond motifs is 1. The van der Waals surface area contributed by atoms with Gasteiger partial charge in [-0.15, -0.1) is 0 Å². The molecule has 236 valence electrons. The van der Waals surface area contributed by atoms with Crippen LogP contribution in [0, 0.1) is 0 Å². The Balaban J connectivity index is 1.59. The van der Waals surface area contributed by atoms with Crippen molar-refractivity contribution in [2.75, 3.05) is 45.8 Å². The summed E-state index contributed by atoms with van der Waals surface area (Å²) < 4.78 is 28.1. The van der Waals surface area contributed by atoms with Gasteiger partial charge in [0.2, 0.25) is 5.75 Å². The van der Waals surface area contributed by atoms with Gasteiger partial charge >= 0.3 is 0 Å². The summed E-state index contributed by atoms with van der Waals surface area (Å²) in [6, 6.07) is 25.2. The number of methoxy groups -OCH3 is 5. The molecule has 0 radical (unpaired) electrons. The van der Waals surface area contributed by atoms with Gasteiger partial charge in [0.25, 0.3) is 5.91 Å². The van der Waals surface area contributed by atoms with E-state index < -0.39 is 6.04 Å². The summed E-state index contributed by atoms with van der Waals surface area (Å²) in [6.45, 7) is 0. The summed E-state index contributed by atoms with van der Waals surface area (Å²) >= 11 is 0. The molecule has 4 aromatic rings. The first-order valence-corrected chi connectivity index (χ1v) is 14.9. The highest BCUT2D eigenvalue weighted by Gasteiger charge is 2.42. The Hall–Kier alpha value is -5.44. The first-order valence-electron chi connectivity index (χ1n) is 14.9. The van der Waals surface area contributed by atoms with Crippen molar-refractivity contribution in [1.82, 2.24) is 0 Å². The van der Waals surface area contributed by atoms with Crippen molar-refractivity contribution in [1.29, 1.82) is 0 Å². The number of nitrogens with one attached hydrogen (secondary N) is 1. The van der Waals surface area contributed by atoms with Crippen LogP contribution < -0.4 is 33.9 Å². The Morgan fingerprint density at radius 1 is 0.696 bits per heavy atom. The number of Topliss-reactive ketones (excluding diaryl/α,β-unsaturated/α-hetero) is 1. The van der Waals surface area contributed by atoms with Gasteiger partial charge in [0.15, 0.2) is 28.8 Å². The lowest BCUT2D eigenvalue weighted by Crippen LogP contribution is -2.38. The zero-order valence-corrected chi connectivity index (χ0v) is 26.5. The predicted octanol–water partition coefficient (Wildman–Crippen LogP) is 6.94. The van der Waals surface area contributed by atoms with Gasteiger partial charge in [0.1, 0.15) is 0 Å². The molecule has 6 rings (SSSR count). The van der Waals surface area contributed by atoms with E-state index in [4.69, 9.17) is 23.7 Å². The maximum absolute atomic E-state index is 14.6. The van der Waals surface area contributed by atoms with Crippen molar-refractivity contribution < 1.29 is 33.3 Å². The van der Waals surface area contributed by atoms with Crippen molar-refractivity contribution in [2.45, 2.75) is 24.8 Å². The molecule has 1 N–H and O–H groups in total. The van der Waals surface area contributed by atoms with Crippen molar-refractivity contribution in [3.05, 3.63) is 113 Å². The second-order valence-corrected chi connectivity index (χ2v) is 11.1. The molecule has 0 saturated carbocycles. The van der Waals surface area contributed by atoms with E-state index in [-0.39, 0.29) is 24.0 Å². The number of carbonyl (C=O) groups is 2. The van der Waals surface area contributed by atoms with Crippen LogP contribution in [0.15, 0.2) is 96.2 Å². The number of nitrogens with zero attached hydrogens (tertiary/aromatic N) is 1. The first kappa shape index (κ1) is 30.6. The third-order valence-corrected chi connectivity index (χ3v) is 8.61. The van der Waals surface area contributed by atoms with E-state index in [0.29, 0.717) is 57.6 Å². The summed E-state index contributed by atoms with van der Waals surface area (Å²) in [5.74, 6) is 2.00. The number of amides is 1. The maximum atomic E-state index is 14.6. The lowest BCUT2D eigenvalue weighted by molar-refractivity contribution is -0.116. The van der Waals surface area contributed by atoms with Crippen LogP contribution in [0.3, 0.4) is 0 Å². The molecule has 1 aliphatic carbocycles. The highest BCUT2D eigenvalue weighted by molar-refractivity contribution is 6.12. The molecule has 1 amide bonds. The van der Waals surface area contributed by atoms with Crippen LogP contribution in [0.5, 0.6) is 28.7 Å². The fraction of sp³-hybridized carbons (Fsp3) is 0.243. The molecule has 4 aromatic carbocycles. The summed E-state index contributed by atoms with van der Waals surface area (Å²) in [4.78, 5) is 30.8. The summed E-state index contributed by atoms with van der Waals surface area (Å²) in [5.41, 5.74) is 4.69. The van der Waals surface area contributed by atoms with Gasteiger partial charge in [0.05, 0.1) is 53.0 Å². The normalized spacial score (nSPS) is 17.2. The summed E-state index contributed by atoms with van der Waals surface area (Å²) in [7, 11) is 7.82. The van der Waals surface area contributed by atoms with Crippen LogP contribution in [0.1, 0.15) is 46.3 Å². The van der Waals surface area contributed by atoms with Crippen molar-refractivity contribution in [2.24, 2.45) is 0 Å². The Bertz CT molecular complexity index is 1790. The minimum atomic E-state index is -0.814. The maximum Gasteiger partial charge on any atom is 0.259 e. The van der Waals surface area contributed by atoms with Gasteiger partial charge in [-0.05, 0) is 72.0 Å². The zero-order valence-electron chi connectivity index (χ0n) is 26.5. The monoisotopic (exact) mass is 620 g/mol. The van der Waals surface area contributed by atoms with Crippen LogP contribution in [-0.4, -0.2) is 47.2 Å². The minimum absolute atomic E-state index is 0.0778. The van der Waals surface area contributed by atoms with Gasteiger partial charge in [-0.25, -0.2) is 0 Å². The van der Waals surface area contributed by atoms with E-state index in [1.807, 2.05) is 72.8 Å². The molecule has 2 atom stereocenters. The first-order chi connectivity index (χ1) is 22.4. The molecule has 0 bridgehead atoms. The van der Waals surface area contributed by atoms with E-state index in [9.17, 15) is 9.59 Å². The number of anilines is 2. The van der Waals surface area contributed by atoms with Crippen LogP contribution >= 0.6 is 0 Å². The molecule has 9 heteroatoms. The fourth-order valence-corrected chi connectivity index (χ4v) is 6.45. The third-order valence-electron chi connectivity index (χ3n) is 8.61. The number of rotatable bonds is 8. The van der Waals surface area contributed by atoms with E-state index in [1.54, 1.807) is 45.5 Å². The lowest BCUT2D eigenvalue weighted by Gasteiger charge is -2.35. The molecule has 0 fully saturated rings. The number of ether oxygens (including phenoxy) is 5. The molecular formula is C37H36N2O7. The van der Waals surface area contributed by atoms with Crippen LogP contribution in [-0.2, 0) is 4.79 Å². The van der Waals surface area contributed by atoms with Crippen LogP contribution in [0.25, 0.3) is 0 Å². The standard InChI is InChI=1S/C37H36N2O7/c1-42-30-16-15-23(19-31(30)43-2)24-17-27-34(29(40)18-24)35(25-20-32(44-3)36(46-5)33(21-25)45-4)39(28-14-10-9-13-26(28)38-27)37(41)22-11-7-6-8-12-22/h6-16,19-21,24,35,38H,17-18H2,1-5H3. The van der Waals surface area contributed by atoms with Crippen molar-refractivity contribution in [3.8, 4) is 28.7 Å². The SMILES string of the molecule is COc1ccc(C2CC(=O)C3=C(C2)Nc2ccccc2N(C(=O)c2ccccc2)C3c2cc(OC)c(OC)c(OC)c2)cc1OC. The number of ketones is 1. The average molecular weight is 621 g/mol. The molecule has 1 aliphatic heterocycles. The topological polar surface area (TPSA) is 95.6 Å². The third kappa shape index (κ3) is 5.38. The predicted molar refractivity (Wildman–Crippen MR) is 176 cm³/mol. The van der Waals surface area contributed by atoms with Gasteiger partial charge < -0.3 is 29.0 Å². The molecule has 2 aliphatic rings. The summed E-state index contributed by atoms with van der Waals surface area (Å²) in [5, 5.41) is 3.58. The Kier molecular flexibility index (Phi) is 8.57. The van der Waals surface area contributed by atoms with Gasteiger partial charge in [-0.2, -0.15) is 0 Å². The second kappa shape index (κ2) is 12.9. The number of allylic oxidation sites excluding steroid dienone is 1. The lowest BCUT2D eigenvalue weighted by atomic mass is 9.78. The largest absolute Gasteiger partial charge is 0.493 e.